The Morgan fingerprint density at radius 1 is 1.53 bits per heavy atom. The number of hydrogen-bond acceptors (Lipinski definition) is 4. The van der Waals surface area contributed by atoms with Crippen molar-refractivity contribution in [1.29, 1.82) is 0 Å². The topological polar surface area (TPSA) is 96.4 Å². The molecule has 1 aromatic heterocycles. The third-order valence-electron chi connectivity index (χ3n) is 1.80. The first-order chi connectivity index (χ1) is 7.95. The van der Waals surface area contributed by atoms with E-state index in [-0.39, 0.29) is 11.4 Å². The molecule has 6 nitrogen and oxygen atoms in total. The molecule has 0 saturated carbocycles. The molecule has 0 bridgehead atoms. The molecule has 0 unspecified atom stereocenters. The van der Waals surface area contributed by atoms with Gasteiger partial charge in [0.25, 0.3) is 0 Å². The van der Waals surface area contributed by atoms with Gasteiger partial charge < -0.3 is 5.11 Å². The Kier molecular flexibility index (Phi) is 4.36. The first kappa shape index (κ1) is 13.3. The summed E-state index contributed by atoms with van der Waals surface area (Å²) in [6.45, 7) is 1.94. The van der Waals surface area contributed by atoms with Crippen molar-refractivity contribution in [2.24, 2.45) is 0 Å². The zero-order valence-corrected chi connectivity index (χ0v) is 9.94. The highest BCUT2D eigenvalue weighted by atomic mass is 32.2. The maximum absolute atomic E-state index is 11.6. The Bertz CT molecular complexity index is 537. The third-order valence-corrected chi connectivity index (χ3v) is 3.31. The maximum Gasteiger partial charge on any atom is 0.328 e. The number of nitrogens with zero attached hydrogens (tertiary/aromatic N) is 1. The zero-order chi connectivity index (χ0) is 12.9. The van der Waals surface area contributed by atoms with Crippen LogP contribution in [0.25, 0.3) is 6.08 Å². The van der Waals surface area contributed by atoms with Gasteiger partial charge >= 0.3 is 5.97 Å². The molecule has 0 atom stereocenters. The van der Waals surface area contributed by atoms with Gasteiger partial charge in [-0.25, -0.2) is 17.9 Å². The average molecular weight is 256 g/mol. The minimum absolute atomic E-state index is 0.00638. The number of nitrogens with one attached hydrogen (secondary N) is 1. The summed E-state index contributed by atoms with van der Waals surface area (Å²) in [5.74, 6) is -1.11. The number of carbonyl (C=O) groups is 1. The van der Waals surface area contributed by atoms with Crippen LogP contribution in [0.5, 0.6) is 0 Å². The van der Waals surface area contributed by atoms with Crippen molar-refractivity contribution >= 4 is 22.1 Å². The number of carboxylic acids is 1. The molecular weight excluding hydrogens is 244 g/mol. The molecule has 2 N–H and O–H groups in total. The van der Waals surface area contributed by atoms with Crippen LogP contribution in [0, 0.1) is 0 Å². The smallest absolute Gasteiger partial charge is 0.328 e. The molecule has 7 heteroatoms. The monoisotopic (exact) mass is 256 g/mol. The summed E-state index contributed by atoms with van der Waals surface area (Å²) in [4.78, 5) is 14.1. The van der Waals surface area contributed by atoms with E-state index >= 15 is 0 Å². The number of rotatable bonds is 5. The van der Waals surface area contributed by atoms with E-state index in [1.165, 1.54) is 24.5 Å². The lowest BCUT2D eigenvalue weighted by Gasteiger charge is -2.04. The highest BCUT2D eigenvalue weighted by molar-refractivity contribution is 7.89. The lowest BCUT2D eigenvalue weighted by molar-refractivity contribution is -0.131. The molecule has 0 aliphatic heterocycles. The van der Waals surface area contributed by atoms with Gasteiger partial charge in [-0.15, -0.1) is 0 Å². The van der Waals surface area contributed by atoms with Crippen LogP contribution in [-0.4, -0.2) is 31.0 Å². The van der Waals surface area contributed by atoms with Gasteiger partial charge in [-0.1, -0.05) is 6.92 Å². The van der Waals surface area contributed by atoms with Crippen LogP contribution in [0.4, 0.5) is 0 Å². The van der Waals surface area contributed by atoms with E-state index in [1.807, 2.05) is 0 Å². The second kappa shape index (κ2) is 5.55. The van der Waals surface area contributed by atoms with Crippen molar-refractivity contribution in [3.05, 3.63) is 30.1 Å². The van der Waals surface area contributed by atoms with Crippen LogP contribution in [0.1, 0.15) is 12.5 Å². The van der Waals surface area contributed by atoms with Gasteiger partial charge in [0, 0.05) is 25.0 Å². The molecule has 0 fully saturated rings. The number of sulfonamides is 1. The van der Waals surface area contributed by atoms with E-state index in [0.29, 0.717) is 5.56 Å². The third kappa shape index (κ3) is 3.97. The molecule has 1 rings (SSSR count). The van der Waals surface area contributed by atoms with Gasteiger partial charge in [0.15, 0.2) is 0 Å². The van der Waals surface area contributed by atoms with Crippen molar-refractivity contribution in [1.82, 2.24) is 9.71 Å². The Balaban J connectivity index is 3.05. The Morgan fingerprint density at radius 3 is 2.82 bits per heavy atom. The molecule has 0 aliphatic carbocycles. The summed E-state index contributed by atoms with van der Waals surface area (Å²) >= 11 is 0. The normalized spacial score (nSPS) is 11.8. The summed E-state index contributed by atoms with van der Waals surface area (Å²) in [5.41, 5.74) is 0.409. The highest BCUT2D eigenvalue weighted by Crippen LogP contribution is 2.10. The molecular formula is C10H12N2O4S. The Morgan fingerprint density at radius 2 is 2.24 bits per heavy atom. The fourth-order valence-electron chi connectivity index (χ4n) is 1.11. The molecule has 0 radical (unpaired) electrons. The van der Waals surface area contributed by atoms with Crippen LogP contribution in [-0.2, 0) is 14.8 Å². The molecule has 1 heterocycles. The van der Waals surface area contributed by atoms with Gasteiger partial charge in [-0.2, -0.15) is 0 Å². The van der Waals surface area contributed by atoms with E-state index in [0.717, 1.165) is 6.08 Å². The minimum Gasteiger partial charge on any atom is -0.478 e. The van der Waals surface area contributed by atoms with Gasteiger partial charge in [-0.05, 0) is 17.7 Å². The SMILES string of the molecule is CCNS(=O)(=O)c1cncc(C=CC(=O)O)c1. The van der Waals surface area contributed by atoms with Gasteiger partial charge in [0.1, 0.15) is 4.90 Å². The van der Waals surface area contributed by atoms with Crippen molar-refractivity contribution in [2.45, 2.75) is 11.8 Å². The average Bonchev–Trinajstić information content (AvgIpc) is 2.27. The summed E-state index contributed by atoms with van der Waals surface area (Å²) in [7, 11) is -3.57. The van der Waals surface area contributed by atoms with Gasteiger partial charge in [-0.3, -0.25) is 4.98 Å². The van der Waals surface area contributed by atoms with Crippen LogP contribution in [0.3, 0.4) is 0 Å². The zero-order valence-electron chi connectivity index (χ0n) is 9.12. The molecule has 0 saturated heterocycles. The van der Waals surface area contributed by atoms with Crippen molar-refractivity contribution < 1.29 is 18.3 Å². The van der Waals surface area contributed by atoms with Crippen molar-refractivity contribution in [3.63, 3.8) is 0 Å². The lowest BCUT2D eigenvalue weighted by Crippen LogP contribution is -2.23. The lowest BCUT2D eigenvalue weighted by atomic mass is 10.2. The first-order valence-corrected chi connectivity index (χ1v) is 6.29. The fourth-order valence-corrected chi connectivity index (χ4v) is 2.15. The number of aromatic nitrogens is 1. The molecule has 0 amide bonds. The minimum atomic E-state index is -3.57. The maximum atomic E-state index is 11.6. The van der Waals surface area contributed by atoms with E-state index in [4.69, 9.17) is 5.11 Å². The predicted octanol–water partition coefficient (Wildman–Crippen LogP) is 0.478. The second-order valence-electron chi connectivity index (χ2n) is 3.13. The number of hydrogen-bond donors (Lipinski definition) is 2. The summed E-state index contributed by atoms with van der Waals surface area (Å²) < 4.78 is 25.6. The molecule has 17 heavy (non-hydrogen) atoms. The van der Waals surface area contributed by atoms with E-state index < -0.39 is 16.0 Å². The van der Waals surface area contributed by atoms with Crippen LogP contribution >= 0.6 is 0 Å². The van der Waals surface area contributed by atoms with E-state index in [1.54, 1.807) is 6.92 Å². The van der Waals surface area contributed by atoms with Crippen LogP contribution < -0.4 is 4.72 Å². The van der Waals surface area contributed by atoms with E-state index in [9.17, 15) is 13.2 Å². The largest absolute Gasteiger partial charge is 0.478 e. The summed E-state index contributed by atoms with van der Waals surface area (Å²) in [5, 5.41) is 8.45. The molecule has 92 valence electrons. The van der Waals surface area contributed by atoms with Crippen LogP contribution in [0.2, 0.25) is 0 Å². The number of aliphatic carboxylic acids is 1. The fraction of sp³-hybridized carbons (Fsp3) is 0.200. The summed E-state index contributed by atoms with van der Waals surface area (Å²) in [6, 6.07) is 1.35. The number of carboxylic acid groups (broad SMARTS) is 1. The van der Waals surface area contributed by atoms with Gasteiger partial charge in [0.05, 0.1) is 0 Å². The predicted molar refractivity (Wildman–Crippen MR) is 61.8 cm³/mol. The molecule has 0 aromatic carbocycles. The quantitative estimate of drug-likeness (QED) is 0.747. The molecule has 0 spiro atoms. The standard InChI is InChI=1S/C10H12N2O4S/c1-2-12-17(15,16)9-5-8(6-11-7-9)3-4-10(13)14/h3-7,12H,2H2,1H3,(H,13,14). The van der Waals surface area contributed by atoms with Crippen molar-refractivity contribution in [2.75, 3.05) is 6.54 Å². The Labute approximate surface area is 99.1 Å². The van der Waals surface area contributed by atoms with Crippen LogP contribution in [0.15, 0.2) is 29.4 Å². The second-order valence-corrected chi connectivity index (χ2v) is 4.89. The van der Waals surface area contributed by atoms with Gasteiger partial charge in [0.2, 0.25) is 10.0 Å². The van der Waals surface area contributed by atoms with Crippen molar-refractivity contribution in [3.8, 4) is 0 Å². The molecule has 1 aromatic rings. The Hall–Kier alpha value is -1.73. The summed E-state index contributed by atoms with van der Waals surface area (Å²) in [6.07, 6.45) is 4.78. The molecule has 0 aliphatic rings. The van der Waals surface area contributed by atoms with E-state index in [2.05, 4.69) is 9.71 Å². The first-order valence-electron chi connectivity index (χ1n) is 4.81. The highest BCUT2D eigenvalue weighted by Gasteiger charge is 2.12. The number of pyridine rings is 1.